The van der Waals surface area contributed by atoms with Crippen molar-refractivity contribution in [3.63, 3.8) is 0 Å². The largest absolute Gasteiger partial charge is 0.253 e. The van der Waals surface area contributed by atoms with Gasteiger partial charge in [-0.05, 0) is 18.0 Å². The van der Waals surface area contributed by atoms with Crippen LogP contribution in [-0.2, 0) is 0 Å². The minimum absolute atomic E-state index is 0.405. The lowest BCUT2D eigenvalue weighted by molar-refractivity contribution is 0.807. The number of hydrogen-bond donors (Lipinski definition) is 0. The van der Waals surface area contributed by atoms with Crippen molar-refractivity contribution < 1.29 is 0 Å². The summed E-state index contributed by atoms with van der Waals surface area (Å²) >= 11 is 12.3. The van der Waals surface area contributed by atoms with Gasteiger partial charge in [-0.1, -0.05) is 20.3 Å². The molecule has 0 saturated carbocycles. The lowest BCUT2D eigenvalue weighted by Crippen LogP contribution is -2.22. The summed E-state index contributed by atoms with van der Waals surface area (Å²) < 4.78 is 0. The van der Waals surface area contributed by atoms with Gasteiger partial charge in [-0.15, -0.1) is 22.2 Å². The second-order valence-corrected chi connectivity index (χ2v) is 11.1. The fraction of sp³-hybridized carbons (Fsp3) is 0.875. The molecule has 12 heavy (non-hydrogen) atoms. The van der Waals surface area contributed by atoms with Crippen LogP contribution in [-0.4, -0.2) is 6.69 Å². The van der Waals surface area contributed by atoms with Crippen molar-refractivity contribution >= 4 is 28.9 Å². The zero-order chi connectivity index (χ0) is 9.61. The molecule has 4 heteroatoms. The molecule has 0 aliphatic rings. The van der Waals surface area contributed by atoms with Crippen LogP contribution >= 0.6 is 22.2 Å². The fourth-order valence-electron chi connectivity index (χ4n) is 0.853. The summed E-state index contributed by atoms with van der Waals surface area (Å²) in [6.45, 7) is 2.14. The van der Waals surface area contributed by atoms with E-state index < -0.39 is 6.69 Å². The topological polar surface area (TPSA) is 23.8 Å². The summed E-state index contributed by atoms with van der Waals surface area (Å²) in [4.78, 5) is 0. The van der Waals surface area contributed by atoms with Crippen molar-refractivity contribution in [3.05, 3.63) is 0 Å². The molecule has 0 rings (SSSR count). The van der Waals surface area contributed by atoms with Crippen molar-refractivity contribution in [2.45, 2.75) is 44.7 Å². The number of unbranched alkanes of at least 4 members (excludes halogenated alkanes) is 2. The van der Waals surface area contributed by atoms with E-state index in [1.54, 1.807) is 0 Å². The maximum absolute atomic E-state index is 8.30. The summed E-state index contributed by atoms with van der Waals surface area (Å²) in [6, 6.07) is 3.02. The molecule has 0 bridgehead atoms. The molecule has 0 aliphatic heterocycles. The summed E-state index contributed by atoms with van der Waals surface area (Å²) in [5.74, 6) is 0. The molecule has 0 fully saturated rings. The smallest absolute Gasteiger partial charge is 0.198 e. The highest BCUT2D eigenvalue weighted by molar-refractivity contribution is 7.45. The van der Waals surface area contributed by atoms with Crippen LogP contribution in [0.25, 0.3) is 0 Å². The molecular formula is C8H15Cl2NSi. The summed E-state index contributed by atoms with van der Waals surface area (Å²) in [5, 5.41) is 8.30. The van der Waals surface area contributed by atoms with E-state index in [1.165, 1.54) is 0 Å². The number of hydrogen-bond acceptors (Lipinski definition) is 1. The normalized spacial score (nSPS) is 11.7. The Bertz CT molecular complexity index is 163. The van der Waals surface area contributed by atoms with E-state index in [9.17, 15) is 0 Å². The van der Waals surface area contributed by atoms with Crippen LogP contribution in [0.1, 0.15) is 33.1 Å². The van der Waals surface area contributed by atoms with E-state index in [2.05, 4.69) is 19.9 Å². The third-order valence-corrected chi connectivity index (χ3v) is 8.36. The van der Waals surface area contributed by atoms with Gasteiger partial charge in [-0.2, -0.15) is 5.26 Å². The van der Waals surface area contributed by atoms with E-state index in [1.807, 2.05) is 0 Å². The molecule has 1 nitrogen and oxygen atoms in total. The predicted octanol–water partition coefficient (Wildman–Crippen LogP) is 4.01. The van der Waals surface area contributed by atoms with E-state index in [0.717, 1.165) is 18.9 Å². The lowest BCUT2D eigenvalue weighted by atomic mass is 10.3. The number of halogens is 2. The van der Waals surface area contributed by atoms with Crippen LogP contribution in [0, 0.1) is 11.3 Å². The molecule has 70 valence electrons. The summed E-state index contributed by atoms with van der Waals surface area (Å²) in [5.41, 5.74) is 0.405. The second kappa shape index (κ2) is 5.85. The number of rotatable bonds is 5. The van der Waals surface area contributed by atoms with Gasteiger partial charge >= 0.3 is 0 Å². The Morgan fingerprint density at radius 2 is 1.92 bits per heavy atom. The first-order valence-corrected chi connectivity index (χ1v) is 8.56. The van der Waals surface area contributed by atoms with Gasteiger partial charge in [-0.3, -0.25) is 0 Å². The third-order valence-electron chi connectivity index (χ3n) is 1.89. The van der Waals surface area contributed by atoms with Crippen LogP contribution in [0.3, 0.4) is 0 Å². The Morgan fingerprint density at radius 1 is 1.33 bits per heavy atom. The summed E-state index contributed by atoms with van der Waals surface area (Å²) in [6.07, 6.45) is 2.54. The minimum atomic E-state index is -2.00. The molecule has 0 aromatic heterocycles. The molecule has 0 amide bonds. The van der Waals surface area contributed by atoms with E-state index in [4.69, 9.17) is 27.4 Å². The standard InChI is InChI=1S/C8H15Cl2NSi/c1-8(2)12(9,10)7-5-3-4-6-11/h8H,3-5,7H2,1-2H3. The Labute approximate surface area is 85.1 Å². The molecule has 0 atom stereocenters. The SMILES string of the molecule is CC(C)[Si](Cl)(Cl)CCCCC#N. The molecule has 0 N–H and O–H groups in total. The second-order valence-electron chi connectivity index (χ2n) is 3.28. The van der Waals surface area contributed by atoms with Crippen molar-refractivity contribution in [3.8, 4) is 6.07 Å². The van der Waals surface area contributed by atoms with Gasteiger partial charge in [0.2, 0.25) is 0 Å². The Kier molecular flexibility index (Phi) is 5.99. The van der Waals surface area contributed by atoms with Crippen LogP contribution in [0.2, 0.25) is 11.6 Å². The number of nitriles is 1. The average Bonchev–Trinajstić information content (AvgIpc) is 1.98. The first-order chi connectivity index (χ1) is 5.50. The van der Waals surface area contributed by atoms with Crippen molar-refractivity contribution in [1.82, 2.24) is 0 Å². The Morgan fingerprint density at radius 3 is 2.33 bits per heavy atom. The molecule has 0 aliphatic carbocycles. The Balaban J connectivity index is 3.56. The van der Waals surface area contributed by atoms with Gasteiger partial charge in [0.1, 0.15) is 0 Å². The monoisotopic (exact) mass is 223 g/mol. The number of nitrogens with zero attached hydrogens (tertiary/aromatic N) is 1. The van der Waals surface area contributed by atoms with E-state index in [-0.39, 0.29) is 0 Å². The van der Waals surface area contributed by atoms with Gasteiger partial charge < -0.3 is 0 Å². The molecule has 0 unspecified atom stereocenters. The van der Waals surface area contributed by atoms with Crippen LogP contribution in [0.5, 0.6) is 0 Å². The molecule has 0 radical (unpaired) electrons. The third kappa shape index (κ3) is 5.03. The first-order valence-electron chi connectivity index (χ1n) is 4.25. The van der Waals surface area contributed by atoms with Crippen molar-refractivity contribution in [2.75, 3.05) is 0 Å². The molecule has 0 heterocycles. The van der Waals surface area contributed by atoms with Gasteiger partial charge in [0, 0.05) is 6.42 Å². The highest BCUT2D eigenvalue weighted by atomic mass is 35.7. The van der Waals surface area contributed by atoms with Crippen LogP contribution < -0.4 is 0 Å². The minimum Gasteiger partial charge on any atom is -0.198 e. The van der Waals surface area contributed by atoms with Crippen molar-refractivity contribution in [2.24, 2.45) is 0 Å². The first kappa shape index (κ1) is 12.3. The highest BCUT2D eigenvalue weighted by Gasteiger charge is 2.31. The fourth-order valence-corrected chi connectivity index (χ4v) is 2.95. The lowest BCUT2D eigenvalue weighted by Gasteiger charge is -2.20. The van der Waals surface area contributed by atoms with Crippen LogP contribution in [0.15, 0.2) is 0 Å². The average molecular weight is 224 g/mol. The predicted molar refractivity (Wildman–Crippen MR) is 56.8 cm³/mol. The molecule has 0 aromatic carbocycles. The quantitative estimate of drug-likeness (QED) is 0.393. The van der Waals surface area contributed by atoms with Gasteiger partial charge in [0.05, 0.1) is 6.07 Å². The van der Waals surface area contributed by atoms with Gasteiger partial charge in [0.15, 0.2) is 0 Å². The molecule has 0 aromatic rings. The Hall–Kier alpha value is 0.287. The maximum atomic E-state index is 8.30. The zero-order valence-electron chi connectivity index (χ0n) is 7.61. The highest BCUT2D eigenvalue weighted by Crippen LogP contribution is 2.34. The maximum Gasteiger partial charge on any atom is 0.253 e. The molecule has 0 saturated heterocycles. The molecular weight excluding hydrogens is 209 g/mol. The van der Waals surface area contributed by atoms with E-state index >= 15 is 0 Å². The molecule has 0 spiro atoms. The summed E-state index contributed by atoms with van der Waals surface area (Å²) in [7, 11) is 0. The zero-order valence-corrected chi connectivity index (χ0v) is 10.1. The van der Waals surface area contributed by atoms with E-state index in [0.29, 0.717) is 12.0 Å². The van der Waals surface area contributed by atoms with Crippen LogP contribution in [0.4, 0.5) is 0 Å². The van der Waals surface area contributed by atoms with Crippen molar-refractivity contribution in [1.29, 1.82) is 5.26 Å². The van der Waals surface area contributed by atoms with Gasteiger partial charge in [-0.25, -0.2) is 0 Å². The van der Waals surface area contributed by atoms with Gasteiger partial charge in [0.25, 0.3) is 6.69 Å².